The molecule has 0 aromatic heterocycles. The second-order valence-corrected chi connectivity index (χ2v) is 6.52. The molecule has 2 fully saturated rings. The van der Waals surface area contributed by atoms with Crippen LogP contribution in [0.3, 0.4) is 0 Å². The highest BCUT2D eigenvalue weighted by molar-refractivity contribution is 4.91. The van der Waals surface area contributed by atoms with Gasteiger partial charge in [-0.15, -0.1) is 0 Å². The number of hydrogen-bond acceptors (Lipinski definition) is 0. The van der Waals surface area contributed by atoms with E-state index in [-0.39, 0.29) is 0 Å². The van der Waals surface area contributed by atoms with Crippen molar-refractivity contribution in [1.29, 1.82) is 0 Å². The summed E-state index contributed by atoms with van der Waals surface area (Å²) in [5, 5.41) is 0. The van der Waals surface area contributed by atoms with Crippen molar-refractivity contribution in [2.75, 3.05) is 0 Å². The van der Waals surface area contributed by atoms with Gasteiger partial charge in [0.25, 0.3) is 0 Å². The highest BCUT2D eigenvalue weighted by atomic mass is 14.5. The van der Waals surface area contributed by atoms with Crippen molar-refractivity contribution in [3.05, 3.63) is 0 Å². The molecule has 0 heteroatoms. The maximum absolute atomic E-state index is 2.51. The Morgan fingerprint density at radius 2 is 1.94 bits per heavy atom. The molecule has 0 aliphatic heterocycles. The van der Waals surface area contributed by atoms with Crippen molar-refractivity contribution in [2.24, 2.45) is 29.6 Å². The zero-order chi connectivity index (χ0) is 11.5. The van der Waals surface area contributed by atoms with Gasteiger partial charge in [0, 0.05) is 0 Å². The third-order valence-corrected chi connectivity index (χ3v) is 5.60. The van der Waals surface area contributed by atoms with Crippen LogP contribution in [0.1, 0.15) is 72.1 Å². The van der Waals surface area contributed by atoms with Crippen LogP contribution in [0, 0.1) is 29.6 Å². The van der Waals surface area contributed by atoms with Gasteiger partial charge in [-0.25, -0.2) is 0 Å². The van der Waals surface area contributed by atoms with E-state index in [4.69, 9.17) is 0 Å². The molecule has 16 heavy (non-hydrogen) atoms. The van der Waals surface area contributed by atoms with Crippen molar-refractivity contribution >= 4 is 0 Å². The Bertz CT molecular complexity index is 208. The second-order valence-electron chi connectivity index (χ2n) is 6.52. The van der Waals surface area contributed by atoms with E-state index in [1.807, 2.05) is 0 Å². The first kappa shape index (κ1) is 12.5. The van der Waals surface area contributed by atoms with Crippen LogP contribution in [-0.2, 0) is 0 Å². The summed E-state index contributed by atoms with van der Waals surface area (Å²) >= 11 is 0. The van der Waals surface area contributed by atoms with Crippen molar-refractivity contribution in [3.63, 3.8) is 0 Å². The highest BCUT2D eigenvalue weighted by Gasteiger charge is 2.40. The fraction of sp³-hybridized carbons (Fsp3) is 1.00. The first-order valence-corrected chi connectivity index (χ1v) is 7.76. The topological polar surface area (TPSA) is 0 Å². The monoisotopic (exact) mass is 222 g/mol. The lowest BCUT2D eigenvalue weighted by molar-refractivity contribution is 0.196. The summed E-state index contributed by atoms with van der Waals surface area (Å²) in [7, 11) is 0. The van der Waals surface area contributed by atoms with E-state index in [1.54, 1.807) is 19.3 Å². The number of hydrogen-bond donors (Lipinski definition) is 0. The molecule has 0 saturated heterocycles. The van der Waals surface area contributed by atoms with E-state index >= 15 is 0 Å². The predicted octanol–water partition coefficient (Wildman–Crippen LogP) is 5.28. The highest BCUT2D eigenvalue weighted by Crippen LogP contribution is 2.50. The molecule has 0 spiro atoms. The molecule has 0 aromatic carbocycles. The zero-order valence-electron chi connectivity index (χ0n) is 11.5. The molecular formula is C16H30. The molecule has 2 saturated carbocycles. The van der Waals surface area contributed by atoms with Gasteiger partial charge in [-0.2, -0.15) is 0 Å². The lowest BCUT2D eigenvalue weighted by atomic mass is 9.75. The zero-order valence-corrected chi connectivity index (χ0v) is 11.5. The third-order valence-electron chi connectivity index (χ3n) is 5.60. The Hall–Kier alpha value is 0. The van der Waals surface area contributed by atoms with E-state index in [1.165, 1.54) is 32.1 Å². The van der Waals surface area contributed by atoms with E-state index in [0.717, 1.165) is 29.6 Å². The molecule has 0 bridgehead atoms. The Labute approximate surface area is 102 Å². The summed E-state index contributed by atoms with van der Waals surface area (Å²) in [4.78, 5) is 0. The smallest absolute Gasteiger partial charge is 0.0357 e. The largest absolute Gasteiger partial charge is 0.0654 e. The van der Waals surface area contributed by atoms with Crippen molar-refractivity contribution < 1.29 is 0 Å². The minimum atomic E-state index is 1.03. The predicted molar refractivity (Wildman–Crippen MR) is 71.4 cm³/mol. The Balaban J connectivity index is 1.94. The molecule has 0 amide bonds. The summed E-state index contributed by atoms with van der Waals surface area (Å²) in [6.07, 6.45) is 12.0. The van der Waals surface area contributed by atoms with E-state index in [2.05, 4.69) is 20.8 Å². The average Bonchev–Trinajstić information content (AvgIpc) is 2.71. The van der Waals surface area contributed by atoms with Gasteiger partial charge in [0.05, 0.1) is 0 Å². The molecule has 0 radical (unpaired) electrons. The van der Waals surface area contributed by atoms with Gasteiger partial charge >= 0.3 is 0 Å². The third kappa shape index (κ3) is 2.46. The molecule has 0 aromatic rings. The fourth-order valence-corrected chi connectivity index (χ4v) is 4.68. The maximum atomic E-state index is 2.51. The summed E-state index contributed by atoms with van der Waals surface area (Å²) in [6.45, 7) is 7.28. The maximum Gasteiger partial charge on any atom is -0.0357 e. The minimum absolute atomic E-state index is 1.03. The molecule has 0 N–H and O–H groups in total. The van der Waals surface area contributed by atoms with Crippen LogP contribution in [0.2, 0.25) is 0 Å². The molecule has 94 valence electrons. The number of rotatable bonds is 4. The minimum Gasteiger partial charge on any atom is -0.0654 e. The van der Waals surface area contributed by atoms with Crippen LogP contribution in [0.5, 0.6) is 0 Å². The van der Waals surface area contributed by atoms with Crippen molar-refractivity contribution in [1.82, 2.24) is 0 Å². The summed E-state index contributed by atoms with van der Waals surface area (Å²) < 4.78 is 0. The van der Waals surface area contributed by atoms with Gasteiger partial charge in [0.1, 0.15) is 0 Å². The molecule has 2 aliphatic rings. The second kappa shape index (κ2) is 5.56. The molecular weight excluding hydrogens is 192 g/mol. The summed E-state index contributed by atoms with van der Waals surface area (Å²) in [5.74, 6) is 5.37. The number of fused-ring (bicyclic) bond motifs is 1. The fourth-order valence-electron chi connectivity index (χ4n) is 4.68. The van der Waals surface area contributed by atoms with Gasteiger partial charge in [0.15, 0.2) is 0 Å². The van der Waals surface area contributed by atoms with Crippen LogP contribution < -0.4 is 0 Å². The van der Waals surface area contributed by atoms with Crippen LogP contribution in [0.4, 0.5) is 0 Å². The molecule has 2 unspecified atom stereocenters. The van der Waals surface area contributed by atoms with Gasteiger partial charge in [-0.1, -0.05) is 59.3 Å². The quantitative estimate of drug-likeness (QED) is 0.607. The summed E-state index contributed by atoms with van der Waals surface area (Å²) in [6, 6.07) is 0. The van der Waals surface area contributed by atoms with Crippen LogP contribution in [-0.4, -0.2) is 0 Å². The lowest BCUT2D eigenvalue weighted by Gasteiger charge is -2.31. The van der Waals surface area contributed by atoms with Crippen LogP contribution in [0.25, 0.3) is 0 Å². The van der Waals surface area contributed by atoms with E-state index in [9.17, 15) is 0 Å². The molecule has 0 nitrogen and oxygen atoms in total. The molecule has 5 atom stereocenters. The molecule has 2 aliphatic carbocycles. The summed E-state index contributed by atoms with van der Waals surface area (Å²) in [5.41, 5.74) is 0. The normalized spacial score (nSPS) is 40.7. The van der Waals surface area contributed by atoms with Crippen LogP contribution >= 0.6 is 0 Å². The van der Waals surface area contributed by atoms with Gasteiger partial charge in [-0.3, -0.25) is 0 Å². The van der Waals surface area contributed by atoms with E-state index < -0.39 is 0 Å². The lowest BCUT2D eigenvalue weighted by Crippen LogP contribution is -2.21. The SMILES string of the molecule is CCC[C@@H](CC)[C@@H]1CC2C(C)CCC[C@H]2C1. The van der Waals surface area contributed by atoms with Crippen molar-refractivity contribution in [3.8, 4) is 0 Å². The Kier molecular flexibility index (Phi) is 4.33. The van der Waals surface area contributed by atoms with E-state index in [0.29, 0.717) is 0 Å². The molecule has 0 heterocycles. The Morgan fingerprint density at radius 1 is 1.12 bits per heavy atom. The van der Waals surface area contributed by atoms with Crippen molar-refractivity contribution in [2.45, 2.75) is 72.1 Å². The first-order valence-electron chi connectivity index (χ1n) is 7.76. The Morgan fingerprint density at radius 3 is 2.56 bits per heavy atom. The van der Waals surface area contributed by atoms with Crippen LogP contribution in [0.15, 0.2) is 0 Å². The molecule has 2 rings (SSSR count). The first-order chi connectivity index (χ1) is 7.76. The van der Waals surface area contributed by atoms with Gasteiger partial charge in [0.2, 0.25) is 0 Å². The van der Waals surface area contributed by atoms with Gasteiger partial charge in [-0.05, 0) is 42.4 Å². The van der Waals surface area contributed by atoms with Gasteiger partial charge < -0.3 is 0 Å². The standard InChI is InChI=1S/C16H30/c1-4-7-13(5-2)15-10-14-9-6-8-12(3)16(14)11-15/h12-16H,4-11H2,1-3H3/t12?,13-,14+,15+,16?/m1/s1. The average molecular weight is 222 g/mol.